The molecule has 4 rings (SSSR count). The van der Waals surface area contributed by atoms with Crippen molar-refractivity contribution in [3.63, 3.8) is 0 Å². The molecule has 2 N–H and O–H groups in total. The van der Waals surface area contributed by atoms with Crippen molar-refractivity contribution in [2.75, 3.05) is 12.4 Å². The highest BCUT2D eigenvalue weighted by atomic mass is 19.3. The Morgan fingerprint density at radius 2 is 1.94 bits per heavy atom. The predicted molar refractivity (Wildman–Crippen MR) is 131 cm³/mol. The molecule has 0 radical (unpaired) electrons. The summed E-state index contributed by atoms with van der Waals surface area (Å²) in [6.45, 7) is 3.03. The Kier molecular flexibility index (Phi) is 7.10. The lowest BCUT2D eigenvalue weighted by Gasteiger charge is -2.24. The first-order valence-corrected chi connectivity index (χ1v) is 12.0. The minimum absolute atomic E-state index is 0.0531. The van der Waals surface area contributed by atoms with Gasteiger partial charge < -0.3 is 15.3 Å². The van der Waals surface area contributed by atoms with Gasteiger partial charge in [0, 0.05) is 23.2 Å². The molecule has 1 fully saturated rings. The van der Waals surface area contributed by atoms with Gasteiger partial charge in [0.2, 0.25) is 0 Å². The number of nitrogens with zero attached hydrogens (tertiary/aromatic N) is 2. The molecule has 8 heteroatoms. The van der Waals surface area contributed by atoms with Gasteiger partial charge in [-0.2, -0.15) is 4.73 Å². The maximum absolute atomic E-state index is 14.1. The van der Waals surface area contributed by atoms with Gasteiger partial charge in [0.25, 0.3) is 11.8 Å². The number of carbonyl (C=O) groups is 1. The van der Waals surface area contributed by atoms with Gasteiger partial charge in [-0.25, -0.2) is 13.8 Å². The minimum Gasteiger partial charge on any atom is -0.496 e. The van der Waals surface area contributed by atoms with Crippen LogP contribution in [-0.4, -0.2) is 27.9 Å². The molecule has 0 unspecified atom stereocenters. The van der Waals surface area contributed by atoms with Crippen LogP contribution in [0.4, 0.5) is 14.5 Å². The van der Waals surface area contributed by atoms with E-state index in [1.807, 2.05) is 12.1 Å². The van der Waals surface area contributed by atoms with Crippen LogP contribution in [0.2, 0.25) is 0 Å². The molecular weight excluding hydrogens is 452 g/mol. The van der Waals surface area contributed by atoms with Crippen molar-refractivity contribution >= 4 is 11.6 Å². The number of ether oxygens (including phenoxy) is 1. The maximum atomic E-state index is 14.1. The molecule has 6 nitrogen and oxygen atoms in total. The highest BCUT2D eigenvalue weighted by Crippen LogP contribution is 2.39. The summed E-state index contributed by atoms with van der Waals surface area (Å²) in [5.74, 6) is -2.22. The third kappa shape index (κ3) is 5.01. The summed E-state index contributed by atoms with van der Waals surface area (Å²) in [5, 5.41) is 13.5. The Hall–Kier alpha value is -3.42. The molecular formula is C27H31F2N3O3. The number of benzene rings is 2. The van der Waals surface area contributed by atoms with Gasteiger partial charge in [-0.15, -0.1) is 0 Å². The molecule has 0 atom stereocenters. The van der Waals surface area contributed by atoms with Crippen molar-refractivity contribution < 1.29 is 23.5 Å². The second kappa shape index (κ2) is 10.1. The Bertz CT molecular complexity index is 1220. The van der Waals surface area contributed by atoms with Crippen molar-refractivity contribution in [2.45, 2.75) is 64.2 Å². The van der Waals surface area contributed by atoms with Crippen molar-refractivity contribution in [1.82, 2.24) is 9.71 Å². The zero-order chi connectivity index (χ0) is 25.2. The van der Waals surface area contributed by atoms with Crippen LogP contribution in [0, 0.1) is 6.92 Å². The molecule has 1 aliphatic carbocycles. The third-order valence-corrected chi connectivity index (χ3v) is 6.76. The first kappa shape index (κ1) is 24.7. The number of nitrogens with one attached hydrogen (secondary N) is 1. The first-order valence-electron chi connectivity index (χ1n) is 12.0. The van der Waals surface area contributed by atoms with Crippen LogP contribution in [-0.2, 0) is 5.92 Å². The molecule has 35 heavy (non-hydrogen) atoms. The van der Waals surface area contributed by atoms with Gasteiger partial charge in [-0.3, -0.25) is 4.79 Å². The average Bonchev–Trinajstić information content (AvgIpc) is 3.18. The highest BCUT2D eigenvalue weighted by Gasteiger charge is 2.29. The minimum atomic E-state index is -2.99. The normalized spacial score (nSPS) is 14.7. The zero-order valence-corrected chi connectivity index (χ0v) is 20.3. The number of aromatic nitrogens is 2. The first-order chi connectivity index (χ1) is 16.7. The summed E-state index contributed by atoms with van der Waals surface area (Å²) in [7, 11) is 1.65. The lowest BCUT2D eigenvalue weighted by molar-refractivity contribution is -0.00824. The van der Waals surface area contributed by atoms with E-state index in [1.165, 1.54) is 50.5 Å². The van der Waals surface area contributed by atoms with Gasteiger partial charge in [-0.1, -0.05) is 38.3 Å². The van der Waals surface area contributed by atoms with Crippen LogP contribution < -0.4 is 10.1 Å². The number of amides is 1. The van der Waals surface area contributed by atoms with Gasteiger partial charge >= 0.3 is 0 Å². The largest absolute Gasteiger partial charge is 0.496 e. The summed E-state index contributed by atoms with van der Waals surface area (Å²) in [4.78, 5) is 17.5. The molecule has 0 bridgehead atoms. The van der Waals surface area contributed by atoms with E-state index in [9.17, 15) is 18.8 Å². The fourth-order valence-electron chi connectivity index (χ4n) is 4.79. The van der Waals surface area contributed by atoms with Crippen LogP contribution in [0.15, 0.2) is 42.5 Å². The summed E-state index contributed by atoms with van der Waals surface area (Å²) >= 11 is 0. The summed E-state index contributed by atoms with van der Waals surface area (Å²) in [6.07, 6.45) is 5.38. The molecule has 1 aliphatic rings. The Morgan fingerprint density at radius 1 is 1.20 bits per heavy atom. The lowest BCUT2D eigenvalue weighted by Crippen LogP contribution is -2.18. The Labute approximate surface area is 203 Å². The van der Waals surface area contributed by atoms with Crippen molar-refractivity contribution in [1.29, 1.82) is 0 Å². The fourth-order valence-corrected chi connectivity index (χ4v) is 4.79. The van der Waals surface area contributed by atoms with Crippen LogP contribution >= 0.6 is 0 Å². The number of rotatable bonds is 7. The van der Waals surface area contributed by atoms with E-state index >= 15 is 0 Å². The van der Waals surface area contributed by atoms with E-state index < -0.39 is 11.8 Å². The average molecular weight is 484 g/mol. The van der Waals surface area contributed by atoms with Crippen molar-refractivity contribution in [2.24, 2.45) is 0 Å². The van der Waals surface area contributed by atoms with Gasteiger partial charge in [0.05, 0.1) is 12.8 Å². The summed E-state index contributed by atoms with van der Waals surface area (Å²) in [5.41, 5.74) is 2.05. The maximum Gasteiger partial charge on any atom is 0.277 e. The third-order valence-electron chi connectivity index (χ3n) is 6.76. The Morgan fingerprint density at radius 3 is 2.63 bits per heavy atom. The number of aryl methyl sites for hydroxylation is 1. The van der Waals surface area contributed by atoms with Crippen LogP contribution in [0.1, 0.15) is 78.7 Å². The summed E-state index contributed by atoms with van der Waals surface area (Å²) < 4.78 is 34.5. The molecule has 3 aromatic rings. The van der Waals surface area contributed by atoms with Crippen molar-refractivity contribution in [3.8, 4) is 17.1 Å². The zero-order valence-electron chi connectivity index (χ0n) is 20.3. The number of anilines is 1. The van der Waals surface area contributed by atoms with Crippen LogP contribution in [0.3, 0.4) is 0 Å². The van der Waals surface area contributed by atoms with Crippen molar-refractivity contribution in [3.05, 3.63) is 65.0 Å². The molecule has 0 aliphatic heterocycles. The predicted octanol–water partition coefficient (Wildman–Crippen LogP) is 6.91. The summed E-state index contributed by atoms with van der Waals surface area (Å²) in [6, 6.07) is 11.2. The number of halogens is 2. The van der Waals surface area contributed by atoms with Crippen LogP contribution in [0.25, 0.3) is 11.4 Å². The highest BCUT2D eigenvalue weighted by molar-refractivity contribution is 6.04. The quantitative estimate of drug-likeness (QED) is 0.358. The van der Waals surface area contributed by atoms with E-state index in [0.29, 0.717) is 17.2 Å². The van der Waals surface area contributed by atoms with Crippen LogP contribution in [0.5, 0.6) is 5.75 Å². The van der Waals surface area contributed by atoms with E-state index in [4.69, 9.17) is 4.74 Å². The molecule has 186 valence electrons. The molecule has 1 aromatic heterocycles. The number of hydrogen-bond donors (Lipinski definition) is 2. The fraction of sp³-hybridized carbons (Fsp3) is 0.407. The molecule has 0 spiro atoms. The van der Waals surface area contributed by atoms with Gasteiger partial charge in [0.15, 0.2) is 11.5 Å². The second-order valence-corrected chi connectivity index (χ2v) is 9.07. The van der Waals surface area contributed by atoms with E-state index in [-0.39, 0.29) is 29.2 Å². The van der Waals surface area contributed by atoms with Gasteiger partial charge in [-0.05, 0) is 61.6 Å². The molecule has 2 aromatic carbocycles. The van der Waals surface area contributed by atoms with E-state index in [1.54, 1.807) is 20.1 Å². The monoisotopic (exact) mass is 483 g/mol. The topological polar surface area (TPSA) is 76.4 Å². The smallest absolute Gasteiger partial charge is 0.277 e. The lowest BCUT2D eigenvalue weighted by atomic mass is 9.83. The Balaban J connectivity index is 1.64. The number of hydrogen-bond acceptors (Lipinski definition) is 4. The number of carbonyl (C=O) groups excluding carboxylic acids is 1. The van der Waals surface area contributed by atoms with Gasteiger partial charge in [0.1, 0.15) is 5.75 Å². The molecule has 1 saturated carbocycles. The number of methoxy groups -OCH3 is 1. The second-order valence-electron chi connectivity index (χ2n) is 9.07. The molecule has 1 amide bonds. The molecule has 1 heterocycles. The SMILES string of the molecule is CCC(F)(F)c1cccc(NC(=O)c2c(C)nc(-c3ccc(OC)c(C4CCCCC4)c3)n2O)c1. The number of alkyl halides is 2. The standard InChI is InChI=1S/C27H31F2N3O3/c1-4-27(28,29)20-11-8-12-21(16-20)31-26(33)24-17(2)30-25(32(24)34)19-13-14-23(35-3)22(15-19)18-9-6-5-7-10-18/h8,11-16,18,34H,4-7,9-10H2,1-3H3,(H,31,33). The van der Waals surface area contributed by atoms with E-state index in [2.05, 4.69) is 10.3 Å². The number of imidazole rings is 1. The van der Waals surface area contributed by atoms with E-state index in [0.717, 1.165) is 28.9 Å². The molecule has 0 saturated heterocycles.